The molecule has 4 rings (SSSR count). The first kappa shape index (κ1) is 18.3. The second-order valence-electron chi connectivity index (χ2n) is 6.18. The van der Waals surface area contributed by atoms with Crippen LogP contribution in [0, 0.1) is 6.92 Å². The zero-order valence-electron chi connectivity index (χ0n) is 15.0. The molecule has 0 fully saturated rings. The molecule has 0 spiro atoms. The van der Waals surface area contributed by atoms with Crippen LogP contribution >= 0.6 is 22.7 Å². The van der Waals surface area contributed by atoms with Crippen LogP contribution in [-0.2, 0) is 11.3 Å². The van der Waals surface area contributed by atoms with E-state index in [0.29, 0.717) is 10.2 Å². The van der Waals surface area contributed by atoms with Crippen LogP contribution in [0.2, 0.25) is 0 Å². The second-order valence-corrected chi connectivity index (χ2v) is 8.02. The molecule has 0 aliphatic carbocycles. The van der Waals surface area contributed by atoms with Gasteiger partial charge in [-0.15, -0.1) is 22.7 Å². The Hall–Kier alpha value is -3.10. The highest BCUT2D eigenvalue weighted by molar-refractivity contribution is 7.17. The van der Waals surface area contributed by atoms with Gasteiger partial charge in [0.15, 0.2) is 0 Å². The molecule has 3 aromatic heterocycles. The predicted molar refractivity (Wildman–Crippen MR) is 114 cm³/mol. The van der Waals surface area contributed by atoms with Gasteiger partial charge in [-0.3, -0.25) is 14.2 Å². The van der Waals surface area contributed by atoms with Gasteiger partial charge in [-0.2, -0.15) is 5.10 Å². The lowest BCUT2D eigenvalue weighted by Crippen LogP contribution is -2.30. The van der Waals surface area contributed by atoms with Crippen LogP contribution in [0.3, 0.4) is 0 Å². The van der Waals surface area contributed by atoms with Crippen molar-refractivity contribution in [3.8, 4) is 11.1 Å². The summed E-state index contributed by atoms with van der Waals surface area (Å²) in [5.74, 6) is -0.386. The van der Waals surface area contributed by atoms with Gasteiger partial charge in [-0.05, 0) is 23.9 Å². The van der Waals surface area contributed by atoms with Crippen molar-refractivity contribution in [2.75, 3.05) is 0 Å². The number of nitrogens with zero attached hydrogens (tertiary/aromatic N) is 3. The highest BCUT2D eigenvalue weighted by Gasteiger charge is 2.14. The van der Waals surface area contributed by atoms with Crippen LogP contribution in [0.15, 0.2) is 63.4 Å². The molecule has 4 aromatic rings. The van der Waals surface area contributed by atoms with Crippen molar-refractivity contribution in [3.63, 3.8) is 0 Å². The molecule has 0 saturated heterocycles. The van der Waals surface area contributed by atoms with Gasteiger partial charge in [-0.1, -0.05) is 35.9 Å². The van der Waals surface area contributed by atoms with Crippen LogP contribution in [0.5, 0.6) is 0 Å². The normalized spacial score (nSPS) is 11.3. The minimum absolute atomic E-state index is 0.146. The fourth-order valence-corrected chi connectivity index (χ4v) is 4.24. The molecule has 0 atom stereocenters. The molecule has 3 heterocycles. The van der Waals surface area contributed by atoms with Crippen molar-refractivity contribution in [3.05, 3.63) is 74.3 Å². The highest BCUT2D eigenvalue weighted by atomic mass is 32.1. The van der Waals surface area contributed by atoms with Crippen molar-refractivity contribution in [2.45, 2.75) is 13.5 Å². The van der Waals surface area contributed by atoms with Crippen LogP contribution in [0.1, 0.15) is 10.4 Å². The fourth-order valence-electron chi connectivity index (χ4n) is 2.75. The van der Waals surface area contributed by atoms with Crippen LogP contribution < -0.4 is 11.0 Å². The summed E-state index contributed by atoms with van der Waals surface area (Å²) in [4.78, 5) is 31.0. The van der Waals surface area contributed by atoms with Crippen molar-refractivity contribution < 1.29 is 4.79 Å². The monoisotopic (exact) mass is 408 g/mol. The van der Waals surface area contributed by atoms with Gasteiger partial charge in [0.2, 0.25) is 0 Å². The largest absolute Gasteiger partial charge is 0.289 e. The minimum Gasteiger partial charge on any atom is -0.289 e. The van der Waals surface area contributed by atoms with Gasteiger partial charge >= 0.3 is 0 Å². The van der Waals surface area contributed by atoms with Crippen LogP contribution in [0.25, 0.3) is 21.3 Å². The van der Waals surface area contributed by atoms with Crippen LogP contribution in [-0.4, -0.2) is 21.7 Å². The van der Waals surface area contributed by atoms with Crippen molar-refractivity contribution >= 4 is 45.0 Å². The van der Waals surface area contributed by atoms with Crippen molar-refractivity contribution in [1.29, 1.82) is 0 Å². The van der Waals surface area contributed by atoms with Gasteiger partial charge in [-0.25, -0.2) is 10.4 Å². The number of rotatable bonds is 5. The summed E-state index contributed by atoms with van der Waals surface area (Å²) < 4.78 is 1.31. The third-order valence-electron chi connectivity index (χ3n) is 4.16. The maximum Gasteiger partial charge on any atom is 0.263 e. The summed E-state index contributed by atoms with van der Waals surface area (Å²) in [5, 5.41) is 8.31. The zero-order valence-corrected chi connectivity index (χ0v) is 16.6. The Morgan fingerprint density at radius 2 is 2.07 bits per heavy atom. The molecule has 0 unspecified atom stereocenters. The summed E-state index contributed by atoms with van der Waals surface area (Å²) in [5.41, 5.74) is 5.15. The molecule has 0 bridgehead atoms. The number of hydrogen-bond acceptors (Lipinski definition) is 6. The van der Waals surface area contributed by atoms with E-state index in [0.717, 1.165) is 21.6 Å². The quantitative estimate of drug-likeness (QED) is 0.405. The summed E-state index contributed by atoms with van der Waals surface area (Å²) in [6.07, 6.45) is 2.98. The maximum absolute atomic E-state index is 13.0. The van der Waals surface area contributed by atoms with Crippen molar-refractivity contribution in [2.24, 2.45) is 5.10 Å². The SMILES string of the molecule is Cc1ccc(-c2csc3ncn(CC(=O)N/N=C\c4cccs4)c(=O)c23)cc1. The van der Waals surface area contributed by atoms with E-state index in [9.17, 15) is 9.59 Å². The standard InChI is InChI=1S/C20H16N4O2S2/c1-13-4-6-14(7-5-13)16-11-28-19-18(16)20(26)24(12-21-19)10-17(25)23-22-9-15-3-2-8-27-15/h2-9,11-12H,10H2,1H3,(H,23,25)/b22-9-. The third-order valence-corrected chi connectivity index (χ3v) is 5.85. The molecule has 28 heavy (non-hydrogen) atoms. The number of carbonyl (C=O) groups excluding carboxylic acids is 1. The molecular weight excluding hydrogens is 392 g/mol. The van der Waals surface area contributed by atoms with Gasteiger partial charge in [0.1, 0.15) is 11.4 Å². The average molecular weight is 409 g/mol. The smallest absolute Gasteiger partial charge is 0.263 e. The van der Waals surface area contributed by atoms with Gasteiger partial charge in [0.05, 0.1) is 17.9 Å². The Labute approximate surface area is 168 Å². The number of hydrazone groups is 1. The van der Waals surface area contributed by atoms with E-state index >= 15 is 0 Å². The Kier molecular flexibility index (Phi) is 5.14. The number of aromatic nitrogens is 2. The van der Waals surface area contributed by atoms with E-state index in [-0.39, 0.29) is 18.0 Å². The molecule has 6 nitrogen and oxygen atoms in total. The summed E-state index contributed by atoms with van der Waals surface area (Å²) in [7, 11) is 0. The molecule has 140 valence electrons. The summed E-state index contributed by atoms with van der Waals surface area (Å²) in [6, 6.07) is 11.8. The number of fused-ring (bicyclic) bond motifs is 1. The first-order chi connectivity index (χ1) is 13.6. The van der Waals surface area contributed by atoms with Gasteiger partial charge in [0, 0.05) is 15.8 Å². The summed E-state index contributed by atoms with van der Waals surface area (Å²) >= 11 is 2.94. The average Bonchev–Trinajstić information content (AvgIpc) is 3.35. The number of amides is 1. The van der Waals surface area contributed by atoms with Gasteiger partial charge < -0.3 is 0 Å². The maximum atomic E-state index is 13.0. The molecule has 1 amide bonds. The van der Waals surface area contributed by atoms with E-state index in [2.05, 4.69) is 15.5 Å². The van der Waals surface area contributed by atoms with Crippen molar-refractivity contribution in [1.82, 2.24) is 15.0 Å². The molecule has 0 aliphatic rings. The molecule has 0 radical (unpaired) electrons. The molecule has 0 aliphatic heterocycles. The minimum atomic E-state index is -0.386. The van der Waals surface area contributed by atoms with Crippen LogP contribution in [0.4, 0.5) is 0 Å². The second kappa shape index (κ2) is 7.87. The molecule has 1 N–H and O–H groups in total. The molecule has 0 saturated carbocycles. The van der Waals surface area contributed by atoms with E-state index in [1.165, 1.54) is 33.6 Å². The number of aryl methyl sites for hydroxylation is 1. The number of benzene rings is 1. The molecule has 1 aromatic carbocycles. The highest BCUT2D eigenvalue weighted by Crippen LogP contribution is 2.30. The Morgan fingerprint density at radius 1 is 1.25 bits per heavy atom. The Balaban J connectivity index is 1.59. The third kappa shape index (κ3) is 3.78. The topological polar surface area (TPSA) is 76.3 Å². The lowest BCUT2D eigenvalue weighted by Gasteiger charge is -2.05. The van der Waals surface area contributed by atoms with E-state index in [1.54, 1.807) is 6.21 Å². The number of thiophene rings is 2. The van der Waals surface area contributed by atoms with E-state index in [4.69, 9.17) is 0 Å². The lowest BCUT2D eigenvalue weighted by atomic mass is 10.1. The molecule has 8 heteroatoms. The Morgan fingerprint density at radius 3 is 2.82 bits per heavy atom. The summed E-state index contributed by atoms with van der Waals surface area (Å²) in [6.45, 7) is 1.87. The predicted octanol–water partition coefficient (Wildman–Crippen LogP) is 3.65. The fraction of sp³-hybridized carbons (Fsp3) is 0.100. The first-order valence-corrected chi connectivity index (χ1v) is 10.3. The van der Waals surface area contributed by atoms with Gasteiger partial charge in [0.25, 0.3) is 11.5 Å². The number of carbonyl (C=O) groups is 1. The number of nitrogens with one attached hydrogen (secondary N) is 1. The lowest BCUT2D eigenvalue weighted by molar-refractivity contribution is -0.121. The number of hydrogen-bond donors (Lipinski definition) is 1. The Bertz CT molecular complexity index is 1210. The molecular formula is C20H16N4O2S2. The van der Waals surface area contributed by atoms with E-state index in [1.807, 2.05) is 54.1 Å². The van der Waals surface area contributed by atoms with E-state index < -0.39 is 0 Å². The first-order valence-electron chi connectivity index (χ1n) is 8.51. The zero-order chi connectivity index (χ0) is 19.5.